The Kier molecular flexibility index (Phi) is 13.3. The zero-order valence-electron chi connectivity index (χ0n) is 26.4. The topological polar surface area (TPSA) is 59.0 Å². The number of hydrogen-bond donors (Lipinski definition) is 1. The van der Waals surface area contributed by atoms with Crippen LogP contribution in [0.5, 0.6) is 5.75 Å². The quantitative estimate of drug-likeness (QED) is 0.104. The summed E-state index contributed by atoms with van der Waals surface area (Å²) in [7, 11) is 0. The maximum absolute atomic E-state index is 12.5. The SMILES string of the molecule is CCCCCCc1ccc(C(O)CCCN2CCC(OC(c3ccccc3)c3ccccc3)CC2)c(OC(=O)C(C)C)c1. The van der Waals surface area contributed by atoms with Crippen LogP contribution in [0.3, 0.4) is 0 Å². The van der Waals surface area contributed by atoms with E-state index in [1.165, 1.54) is 30.4 Å². The molecule has 0 bridgehead atoms. The van der Waals surface area contributed by atoms with Crippen LogP contribution < -0.4 is 4.74 Å². The van der Waals surface area contributed by atoms with E-state index in [4.69, 9.17) is 9.47 Å². The Morgan fingerprint density at radius 1 is 0.884 bits per heavy atom. The molecular weight excluding hydrogens is 534 g/mol. The second-order valence-corrected chi connectivity index (χ2v) is 12.3. The van der Waals surface area contributed by atoms with E-state index in [0.717, 1.165) is 57.3 Å². The summed E-state index contributed by atoms with van der Waals surface area (Å²) in [5.74, 6) is 0.0350. The maximum Gasteiger partial charge on any atom is 0.313 e. The molecule has 5 nitrogen and oxygen atoms in total. The van der Waals surface area contributed by atoms with Crippen molar-refractivity contribution < 1.29 is 19.4 Å². The van der Waals surface area contributed by atoms with Gasteiger partial charge < -0.3 is 19.5 Å². The van der Waals surface area contributed by atoms with E-state index in [1.54, 1.807) is 0 Å². The number of rotatable bonds is 16. The number of esters is 1. The third-order valence-electron chi connectivity index (χ3n) is 8.46. The molecule has 1 heterocycles. The number of carbonyl (C=O) groups is 1. The molecule has 4 rings (SSSR count). The summed E-state index contributed by atoms with van der Waals surface area (Å²) in [6.07, 6.45) is 8.70. The number of benzene rings is 3. The Morgan fingerprint density at radius 3 is 2.14 bits per heavy atom. The minimum Gasteiger partial charge on any atom is -0.426 e. The molecule has 1 atom stereocenters. The number of nitrogens with zero attached hydrogens (tertiary/aromatic N) is 1. The van der Waals surface area contributed by atoms with Crippen molar-refractivity contribution in [2.45, 2.75) is 96.9 Å². The number of aliphatic hydroxyl groups is 1. The van der Waals surface area contributed by atoms with Crippen LogP contribution in [-0.2, 0) is 16.0 Å². The third-order valence-corrected chi connectivity index (χ3v) is 8.46. The molecule has 0 amide bonds. The van der Waals surface area contributed by atoms with E-state index in [9.17, 15) is 9.90 Å². The summed E-state index contributed by atoms with van der Waals surface area (Å²) in [5.41, 5.74) is 4.25. The Bertz CT molecular complexity index is 1180. The highest BCUT2D eigenvalue weighted by atomic mass is 16.5. The number of ether oxygens (including phenoxy) is 2. The summed E-state index contributed by atoms with van der Waals surface area (Å²) in [4.78, 5) is 14.9. The fraction of sp³-hybridized carbons (Fsp3) is 0.500. The van der Waals surface area contributed by atoms with Crippen molar-refractivity contribution in [2.75, 3.05) is 19.6 Å². The molecule has 1 aliphatic rings. The summed E-state index contributed by atoms with van der Waals surface area (Å²) in [6.45, 7) is 8.79. The first kappa shape index (κ1) is 32.9. The lowest BCUT2D eigenvalue weighted by atomic mass is 9.98. The third kappa shape index (κ3) is 10.3. The van der Waals surface area contributed by atoms with E-state index in [0.29, 0.717) is 17.7 Å². The molecule has 43 heavy (non-hydrogen) atoms. The van der Waals surface area contributed by atoms with Gasteiger partial charge in [-0.15, -0.1) is 0 Å². The molecule has 232 valence electrons. The number of likely N-dealkylation sites (tertiary alicyclic amines) is 1. The molecule has 1 fully saturated rings. The number of unbranched alkanes of at least 4 members (excludes halogenated alkanes) is 3. The highest BCUT2D eigenvalue weighted by molar-refractivity contribution is 5.74. The molecule has 0 aromatic heterocycles. The summed E-state index contributed by atoms with van der Waals surface area (Å²) < 4.78 is 12.5. The van der Waals surface area contributed by atoms with Gasteiger partial charge in [-0.3, -0.25) is 4.79 Å². The minimum absolute atomic E-state index is 0.0594. The van der Waals surface area contributed by atoms with Gasteiger partial charge >= 0.3 is 5.97 Å². The highest BCUT2D eigenvalue weighted by Gasteiger charge is 2.25. The van der Waals surface area contributed by atoms with Gasteiger partial charge in [0.2, 0.25) is 0 Å². The van der Waals surface area contributed by atoms with Gasteiger partial charge in [0.25, 0.3) is 0 Å². The Morgan fingerprint density at radius 2 is 1.53 bits per heavy atom. The van der Waals surface area contributed by atoms with Crippen LogP contribution in [0, 0.1) is 5.92 Å². The van der Waals surface area contributed by atoms with E-state index in [2.05, 4.69) is 66.4 Å². The molecule has 1 saturated heterocycles. The molecule has 1 unspecified atom stereocenters. The van der Waals surface area contributed by atoms with Crippen molar-refractivity contribution in [1.82, 2.24) is 4.90 Å². The predicted octanol–water partition coefficient (Wildman–Crippen LogP) is 8.46. The number of aryl methyl sites for hydroxylation is 1. The van der Waals surface area contributed by atoms with Crippen molar-refractivity contribution in [1.29, 1.82) is 0 Å². The molecule has 0 aliphatic carbocycles. The standard InChI is InChI=1S/C38H51NO4/c1-4-5-6-9-15-30-21-22-34(36(28-30)43-38(41)29(2)3)35(40)20-14-25-39-26-23-33(24-27-39)42-37(31-16-10-7-11-17-31)32-18-12-8-13-19-32/h7-8,10-13,16-19,21-22,28-29,33,35,37,40H,4-6,9,14-15,20,23-27H2,1-3H3. The number of piperidine rings is 1. The number of carbonyl (C=O) groups excluding carboxylic acids is 1. The smallest absolute Gasteiger partial charge is 0.313 e. The van der Waals surface area contributed by atoms with Crippen LogP contribution in [0.1, 0.15) is 107 Å². The van der Waals surface area contributed by atoms with E-state index >= 15 is 0 Å². The zero-order valence-corrected chi connectivity index (χ0v) is 26.4. The first-order valence-corrected chi connectivity index (χ1v) is 16.4. The van der Waals surface area contributed by atoms with Gasteiger partial charge in [-0.2, -0.15) is 0 Å². The fourth-order valence-corrected chi connectivity index (χ4v) is 5.81. The van der Waals surface area contributed by atoms with Crippen molar-refractivity contribution in [3.63, 3.8) is 0 Å². The number of hydrogen-bond acceptors (Lipinski definition) is 5. The van der Waals surface area contributed by atoms with Gasteiger partial charge in [0.05, 0.1) is 18.1 Å². The van der Waals surface area contributed by atoms with Gasteiger partial charge in [-0.05, 0) is 67.8 Å². The Balaban J connectivity index is 1.28. The normalized spacial score (nSPS) is 15.2. The summed E-state index contributed by atoms with van der Waals surface area (Å²) in [5, 5.41) is 11.1. The van der Waals surface area contributed by atoms with Crippen molar-refractivity contribution in [3.05, 3.63) is 101 Å². The van der Waals surface area contributed by atoms with E-state index in [1.807, 2.05) is 38.1 Å². The lowest BCUT2D eigenvalue weighted by molar-refractivity contribution is -0.137. The minimum atomic E-state index is -0.664. The molecule has 3 aromatic rings. The fourth-order valence-electron chi connectivity index (χ4n) is 5.81. The zero-order chi connectivity index (χ0) is 30.4. The largest absolute Gasteiger partial charge is 0.426 e. The Hall–Kier alpha value is -2.99. The van der Waals surface area contributed by atoms with Gasteiger partial charge in [-0.1, -0.05) is 113 Å². The first-order chi connectivity index (χ1) is 20.9. The summed E-state index contributed by atoms with van der Waals surface area (Å²) in [6, 6.07) is 27.0. The average molecular weight is 586 g/mol. The molecule has 0 saturated carbocycles. The van der Waals surface area contributed by atoms with Gasteiger partial charge in [0, 0.05) is 18.7 Å². The number of aliphatic hydroxyl groups excluding tert-OH is 1. The lowest BCUT2D eigenvalue weighted by Crippen LogP contribution is -2.38. The predicted molar refractivity (Wildman–Crippen MR) is 174 cm³/mol. The van der Waals surface area contributed by atoms with Gasteiger partial charge in [-0.25, -0.2) is 0 Å². The molecule has 1 aliphatic heterocycles. The molecular formula is C38H51NO4. The molecule has 1 N–H and O–H groups in total. The molecule has 0 radical (unpaired) electrons. The second-order valence-electron chi connectivity index (χ2n) is 12.3. The average Bonchev–Trinajstić information content (AvgIpc) is 3.03. The van der Waals surface area contributed by atoms with Crippen LogP contribution >= 0.6 is 0 Å². The van der Waals surface area contributed by atoms with Crippen molar-refractivity contribution in [3.8, 4) is 5.75 Å². The van der Waals surface area contributed by atoms with Gasteiger partial charge in [0.1, 0.15) is 11.9 Å². The Labute approximate surface area is 259 Å². The lowest BCUT2D eigenvalue weighted by Gasteiger charge is -2.34. The molecule has 3 aromatic carbocycles. The van der Waals surface area contributed by atoms with E-state index < -0.39 is 6.10 Å². The van der Waals surface area contributed by atoms with Crippen LogP contribution in [0.2, 0.25) is 0 Å². The van der Waals surface area contributed by atoms with E-state index in [-0.39, 0.29) is 24.1 Å². The van der Waals surface area contributed by atoms with Crippen molar-refractivity contribution >= 4 is 5.97 Å². The molecule has 5 heteroatoms. The monoisotopic (exact) mass is 585 g/mol. The second kappa shape index (κ2) is 17.3. The maximum atomic E-state index is 12.5. The van der Waals surface area contributed by atoms with Crippen molar-refractivity contribution in [2.24, 2.45) is 5.92 Å². The molecule has 0 spiro atoms. The summed E-state index contributed by atoms with van der Waals surface area (Å²) >= 11 is 0. The van der Waals surface area contributed by atoms with Gasteiger partial charge in [0.15, 0.2) is 0 Å². The highest BCUT2D eigenvalue weighted by Crippen LogP contribution is 2.32. The first-order valence-electron chi connectivity index (χ1n) is 16.4. The van der Waals surface area contributed by atoms with Crippen LogP contribution in [0.4, 0.5) is 0 Å². The van der Waals surface area contributed by atoms with Crippen LogP contribution in [-0.4, -0.2) is 41.7 Å². The van der Waals surface area contributed by atoms with Crippen LogP contribution in [0.15, 0.2) is 78.9 Å². The van der Waals surface area contributed by atoms with Crippen LogP contribution in [0.25, 0.3) is 0 Å².